The van der Waals surface area contributed by atoms with Gasteiger partial charge in [-0.3, -0.25) is 0 Å². The van der Waals surface area contributed by atoms with E-state index in [4.69, 9.17) is 5.11 Å². The smallest absolute Gasteiger partial charge is 0.335 e. The Morgan fingerprint density at radius 3 is 2.76 bits per heavy atom. The van der Waals surface area contributed by atoms with Crippen molar-refractivity contribution in [1.82, 2.24) is 9.62 Å². The molecular weight excluding hydrogens is 292 g/mol. The van der Waals surface area contributed by atoms with Crippen LogP contribution in [0.25, 0.3) is 0 Å². The summed E-state index contributed by atoms with van der Waals surface area (Å²) in [5.74, 6) is -0.836. The lowest BCUT2D eigenvalue weighted by molar-refractivity contribution is 0.0696. The maximum Gasteiger partial charge on any atom is 0.335 e. The minimum absolute atomic E-state index is 0.0263. The zero-order valence-corrected chi connectivity index (χ0v) is 13.0. The van der Waals surface area contributed by atoms with E-state index in [9.17, 15) is 13.2 Å². The first-order valence-electron chi connectivity index (χ1n) is 6.82. The Kier molecular flexibility index (Phi) is 4.65. The van der Waals surface area contributed by atoms with E-state index in [1.165, 1.54) is 18.2 Å². The predicted molar refractivity (Wildman–Crippen MR) is 78.9 cm³/mol. The minimum Gasteiger partial charge on any atom is -0.478 e. The lowest BCUT2D eigenvalue weighted by Crippen LogP contribution is -2.31. The highest BCUT2D eigenvalue weighted by Gasteiger charge is 2.23. The summed E-state index contributed by atoms with van der Waals surface area (Å²) >= 11 is 0. The Morgan fingerprint density at radius 1 is 1.48 bits per heavy atom. The van der Waals surface area contributed by atoms with Crippen molar-refractivity contribution in [2.45, 2.75) is 18.2 Å². The third kappa shape index (κ3) is 3.81. The van der Waals surface area contributed by atoms with E-state index in [1.807, 2.05) is 7.05 Å². The highest BCUT2D eigenvalue weighted by Crippen LogP contribution is 2.19. The highest BCUT2D eigenvalue weighted by molar-refractivity contribution is 7.89. The maximum atomic E-state index is 12.3. The summed E-state index contributed by atoms with van der Waals surface area (Å²) in [4.78, 5) is 13.2. The van der Waals surface area contributed by atoms with Crippen molar-refractivity contribution in [2.75, 3.05) is 26.7 Å². The number of carboxylic acids is 1. The van der Waals surface area contributed by atoms with E-state index in [0.29, 0.717) is 18.0 Å². The monoisotopic (exact) mass is 312 g/mol. The SMILES string of the molecule is Cc1ccc(C(=O)O)cc1S(=O)(=O)NCC1CCN(C)C1. The van der Waals surface area contributed by atoms with Gasteiger partial charge in [-0.05, 0) is 50.6 Å². The van der Waals surface area contributed by atoms with E-state index in [0.717, 1.165) is 19.5 Å². The number of aromatic carboxylic acids is 1. The number of hydrogen-bond acceptors (Lipinski definition) is 4. The number of rotatable bonds is 5. The topological polar surface area (TPSA) is 86.7 Å². The molecule has 1 aliphatic heterocycles. The summed E-state index contributed by atoms with van der Waals surface area (Å²) in [6.45, 7) is 3.88. The van der Waals surface area contributed by atoms with Crippen molar-refractivity contribution in [3.05, 3.63) is 29.3 Å². The van der Waals surface area contributed by atoms with Gasteiger partial charge in [-0.1, -0.05) is 6.07 Å². The fourth-order valence-electron chi connectivity index (χ4n) is 2.52. The van der Waals surface area contributed by atoms with Gasteiger partial charge in [0.2, 0.25) is 10.0 Å². The molecular formula is C14H20N2O4S. The molecule has 0 radical (unpaired) electrons. The van der Waals surface area contributed by atoms with Gasteiger partial charge >= 0.3 is 5.97 Å². The summed E-state index contributed by atoms with van der Waals surface area (Å²) < 4.78 is 27.3. The molecule has 1 aromatic carbocycles. The van der Waals surface area contributed by atoms with Crippen LogP contribution in [0.4, 0.5) is 0 Å². The molecule has 116 valence electrons. The van der Waals surface area contributed by atoms with Gasteiger partial charge in [0.05, 0.1) is 10.5 Å². The van der Waals surface area contributed by atoms with Gasteiger partial charge in [-0.15, -0.1) is 0 Å². The van der Waals surface area contributed by atoms with Crippen molar-refractivity contribution >= 4 is 16.0 Å². The molecule has 0 bridgehead atoms. The molecule has 0 aliphatic carbocycles. The molecule has 6 nitrogen and oxygen atoms in total. The molecule has 0 amide bonds. The number of carbonyl (C=O) groups is 1. The molecule has 1 unspecified atom stereocenters. The average molecular weight is 312 g/mol. The normalized spacial score (nSPS) is 19.8. The first kappa shape index (κ1) is 15.9. The minimum atomic E-state index is -3.68. The van der Waals surface area contributed by atoms with Crippen molar-refractivity contribution in [3.8, 4) is 0 Å². The molecule has 1 aromatic rings. The van der Waals surface area contributed by atoms with Gasteiger partial charge in [0.1, 0.15) is 0 Å². The maximum absolute atomic E-state index is 12.3. The largest absolute Gasteiger partial charge is 0.478 e. The molecule has 1 atom stereocenters. The fraction of sp³-hybridized carbons (Fsp3) is 0.500. The van der Waals surface area contributed by atoms with Gasteiger partial charge in [0.25, 0.3) is 0 Å². The van der Waals surface area contributed by atoms with Crippen LogP contribution in [-0.4, -0.2) is 51.1 Å². The standard InChI is InChI=1S/C14H20N2O4S/c1-10-3-4-12(14(17)18)7-13(10)21(19,20)15-8-11-5-6-16(2)9-11/h3-4,7,11,15H,5-6,8-9H2,1-2H3,(H,17,18). The van der Waals surface area contributed by atoms with Crippen molar-refractivity contribution in [3.63, 3.8) is 0 Å². The molecule has 7 heteroatoms. The second-order valence-corrected chi connectivity index (χ2v) is 7.29. The third-order valence-electron chi connectivity index (χ3n) is 3.78. The van der Waals surface area contributed by atoms with Crippen LogP contribution in [0.5, 0.6) is 0 Å². The third-order valence-corrected chi connectivity index (χ3v) is 5.34. The molecule has 21 heavy (non-hydrogen) atoms. The van der Waals surface area contributed by atoms with Gasteiger partial charge in [0, 0.05) is 13.1 Å². The van der Waals surface area contributed by atoms with E-state index in [1.54, 1.807) is 6.92 Å². The number of hydrogen-bond donors (Lipinski definition) is 2. The van der Waals surface area contributed by atoms with Crippen LogP contribution < -0.4 is 4.72 Å². The lowest BCUT2D eigenvalue weighted by Gasteiger charge is -2.13. The molecule has 0 aromatic heterocycles. The Labute approximate surface area is 124 Å². The quantitative estimate of drug-likeness (QED) is 0.844. The summed E-state index contributed by atoms with van der Waals surface area (Å²) in [5.41, 5.74) is 0.512. The summed E-state index contributed by atoms with van der Waals surface area (Å²) in [6.07, 6.45) is 0.965. The number of aryl methyl sites for hydroxylation is 1. The van der Waals surface area contributed by atoms with Crippen LogP contribution in [0.1, 0.15) is 22.3 Å². The van der Waals surface area contributed by atoms with Gasteiger partial charge < -0.3 is 10.0 Å². The molecule has 1 fully saturated rings. The molecule has 2 N–H and O–H groups in total. The number of carboxylic acid groups (broad SMARTS) is 1. The number of sulfonamides is 1. The summed E-state index contributed by atoms with van der Waals surface area (Å²) in [6, 6.07) is 4.13. The molecule has 0 saturated carbocycles. The van der Waals surface area contributed by atoms with Crippen molar-refractivity contribution in [2.24, 2.45) is 5.92 Å². The Balaban J connectivity index is 2.15. The molecule has 1 aliphatic rings. The van der Waals surface area contributed by atoms with Gasteiger partial charge in [-0.25, -0.2) is 17.9 Å². The van der Waals surface area contributed by atoms with Crippen LogP contribution in [-0.2, 0) is 10.0 Å². The summed E-state index contributed by atoms with van der Waals surface area (Å²) in [7, 11) is -1.67. The second-order valence-electron chi connectivity index (χ2n) is 5.55. The number of benzene rings is 1. The Morgan fingerprint density at radius 2 is 2.19 bits per heavy atom. The van der Waals surface area contributed by atoms with Gasteiger partial charge in [0.15, 0.2) is 0 Å². The zero-order chi connectivity index (χ0) is 15.6. The van der Waals surface area contributed by atoms with Crippen LogP contribution in [0.15, 0.2) is 23.1 Å². The van der Waals surface area contributed by atoms with Gasteiger partial charge in [-0.2, -0.15) is 0 Å². The zero-order valence-electron chi connectivity index (χ0n) is 12.2. The lowest BCUT2D eigenvalue weighted by atomic mass is 10.1. The Bertz CT molecular complexity index is 642. The molecule has 1 heterocycles. The fourth-order valence-corrected chi connectivity index (χ4v) is 3.91. The molecule has 0 spiro atoms. The molecule has 2 rings (SSSR count). The van der Waals surface area contributed by atoms with Crippen molar-refractivity contribution in [1.29, 1.82) is 0 Å². The molecule has 1 saturated heterocycles. The highest BCUT2D eigenvalue weighted by atomic mass is 32.2. The number of nitrogens with zero attached hydrogens (tertiary/aromatic N) is 1. The van der Waals surface area contributed by atoms with E-state index in [2.05, 4.69) is 9.62 Å². The van der Waals surface area contributed by atoms with E-state index >= 15 is 0 Å². The number of likely N-dealkylation sites (tertiary alicyclic amines) is 1. The average Bonchev–Trinajstić information content (AvgIpc) is 2.82. The van der Waals surface area contributed by atoms with Crippen LogP contribution in [0.3, 0.4) is 0 Å². The van der Waals surface area contributed by atoms with Crippen LogP contribution >= 0.6 is 0 Å². The second kappa shape index (κ2) is 6.13. The first-order valence-corrected chi connectivity index (χ1v) is 8.30. The van der Waals surface area contributed by atoms with E-state index < -0.39 is 16.0 Å². The van der Waals surface area contributed by atoms with Crippen LogP contribution in [0, 0.1) is 12.8 Å². The predicted octanol–water partition coefficient (Wildman–Crippen LogP) is 0.923. The summed E-state index contributed by atoms with van der Waals surface area (Å²) in [5, 5.41) is 8.98. The number of nitrogens with one attached hydrogen (secondary N) is 1. The first-order chi connectivity index (χ1) is 9.79. The Hall–Kier alpha value is -1.44. The van der Waals surface area contributed by atoms with Crippen molar-refractivity contribution < 1.29 is 18.3 Å². The van der Waals surface area contributed by atoms with E-state index in [-0.39, 0.29) is 10.5 Å². The van der Waals surface area contributed by atoms with Crippen LogP contribution in [0.2, 0.25) is 0 Å².